The number of nitrogens with one attached hydrogen (secondary N) is 1. The van der Waals surface area contributed by atoms with Gasteiger partial charge in [0.1, 0.15) is 5.69 Å². The Hall–Kier alpha value is -1.88. The van der Waals surface area contributed by atoms with Gasteiger partial charge in [-0.05, 0) is 43.7 Å². The molecule has 4 rings (SSSR count). The minimum absolute atomic E-state index is 0. The molecule has 0 unspecified atom stereocenters. The zero-order valence-corrected chi connectivity index (χ0v) is 15.6. The minimum Gasteiger partial charge on any atom is -1.00 e. The van der Waals surface area contributed by atoms with Crippen molar-refractivity contribution in [3.63, 3.8) is 0 Å². The van der Waals surface area contributed by atoms with E-state index in [0.717, 1.165) is 34.9 Å². The zero-order valence-electron chi connectivity index (χ0n) is 15.1. The predicted molar refractivity (Wildman–Crippen MR) is 97.9 cm³/mol. The van der Waals surface area contributed by atoms with Gasteiger partial charge in [-0.2, -0.15) is 5.10 Å². The fraction of sp³-hybridized carbons (Fsp3) is 0.263. The number of rotatable bonds is 2. The molecular formula is C19H20Cl2N4. The average molecular weight is 375 g/mol. The Balaban J connectivity index is 0.00000121. The monoisotopic (exact) mass is 374 g/mol. The highest BCUT2D eigenvalue weighted by atomic mass is 35.5. The second-order valence-corrected chi connectivity index (χ2v) is 7.24. The molecule has 0 spiro atoms. The summed E-state index contributed by atoms with van der Waals surface area (Å²) in [4.78, 5) is 4.14. The number of hydrogen-bond donors (Lipinski definition) is 1. The third-order valence-electron chi connectivity index (χ3n) is 4.42. The van der Waals surface area contributed by atoms with Crippen LogP contribution in [0.4, 0.5) is 0 Å². The van der Waals surface area contributed by atoms with Crippen molar-refractivity contribution in [1.29, 1.82) is 0 Å². The SMILES string of the molecule is CC1(C)Cn2nc(-c3ccc(Cl)cc3)c(-c3ccncc3)c2CN1.[Cl-].[H+]. The maximum Gasteiger partial charge on any atom is 1.00 e. The van der Waals surface area contributed by atoms with Crippen LogP contribution in [0.3, 0.4) is 0 Å². The molecule has 0 saturated carbocycles. The summed E-state index contributed by atoms with van der Waals surface area (Å²) >= 11 is 6.05. The first kappa shape index (κ1) is 17.9. The maximum absolute atomic E-state index is 6.05. The van der Waals surface area contributed by atoms with Crippen LogP contribution in [0.25, 0.3) is 22.4 Å². The number of aromatic nitrogens is 3. The summed E-state index contributed by atoms with van der Waals surface area (Å²) in [6.45, 7) is 6.04. The van der Waals surface area contributed by atoms with Crippen molar-refractivity contribution >= 4 is 11.6 Å². The topological polar surface area (TPSA) is 42.7 Å². The van der Waals surface area contributed by atoms with E-state index in [9.17, 15) is 0 Å². The molecule has 0 amide bonds. The molecule has 0 atom stereocenters. The predicted octanol–water partition coefficient (Wildman–Crippen LogP) is 1.26. The van der Waals surface area contributed by atoms with E-state index in [-0.39, 0.29) is 19.4 Å². The molecule has 1 N–H and O–H groups in total. The van der Waals surface area contributed by atoms with E-state index in [1.54, 1.807) is 0 Å². The van der Waals surface area contributed by atoms with Gasteiger partial charge in [-0.1, -0.05) is 23.7 Å². The molecule has 0 saturated heterocycles. The molecule has 2 aromatic heterocycles. The van der Waals surface area contributed by atoms with Crippen molar-refractivity contribution in [2.45, 2.75) is 32.5 Å². The zero-order chi connectivity index (χ0) is 16.7. The summed E-state index contributed by atoms with van der Waals surface area (Å²) < 4.78 is 2.14. The van der Waals surface area contributed by atoms with Crippen LogP contribution < -0.4 is 17.7 Å². The third-order valence-corrected chi connectivity index (χ3v) is 4.68. The number of nitrogens with zero attached hydrogens (tertiary/aromatic N) is 3. The highest BCUT2D eigenvalue weighted by Crippen LogP contribution is 2.36. The van der Waals surface area contributed by atoms with Gasteiger partial charge in [0.25, 0.3) is 0 Å². The van der Waals surface area contributed by atoms with Crippen LogP contribution in [0.15, 0.2) is 48.8 Å². The first-order valence-electron chi connectivity index (χ1n) is 8.04. The Labute approximate surface area is 160 Å². The van der Waals surface area contributed by atoms with Gasteiger partial charge in [0.2, 0.25) is 0 Å². The first-order valence-corrected chi connectivity index (χ1v) is 8.42. The lowest BCUT2D eigenvalue weighted by Crippen LogP contribution is -3.00. The second kappa shape index (κ2) is 6.79. The summed E-state index contributed by atoms with van der Waals surface area (Å²) in [6, 6.07) is 12.0. The quantitative estimate of drug-likeness (QED) is 0.734. The lowest BCUT2D eigenvalue weighted by atomic mass is 9.97. The number of fused-ring (bicyclic) bond motifs is 1. The molecule has 1 aliphatic rings. The first-order chi connectivity index (χ1) is 11.5. The Morgan fingerprint density at radius 3 is 2.44 bits per heavy atom. The molecular weight excluding hydrogens is 355 g/mol. The van der Waals surface area contributed by atoms with E-state index >= 15 is 0 Å². The van der Waals surface area contributed by atoms with Crippen molar-refractivity contribution in [2.24, 2.45) is 0 Å². The molecule has 130 valence electrons. The van der Waals surface area contributed by atoms with Gasteiger partial charge in [0.05, 0.1) is 12.2 Å². The van der Waals surface area contributed by atoms with Crippen LogP contribution in [0, 0.1) is 0 Å². The summed E-state index contributed by atoms with van der Waals surface area (Å²) in [6.07, 6.45) is 3.65. The summed E-state index contributed by atoms with van der Waals surface area (Å²) in [5, 5.41) is 9.27. The van der Waals surface area contributed by atoms with Gasteiger partial charge < -0.3 is 17.7 Å². The Morgan fingerprint density at radius 1 is 1.08 bits per heavy atom. The van der Waals surface area contributed by atoms with Gasteiger partial charge in [-0.25, -0.2) is 0 Å². The Bertz CT molecular complexity index is 877. The molecule has 0 bridgehead atoms. The van der Waals surface area contributed by atoms with E-state index in [1.807, 2.05) is 48.8 Å². The van der Waals surface area contributed by atoms with Crippen LogP contribution in [-0.2, 0) is 13.1 Å². The van der Waals surface area contributed by atoms with E-state index in [2.05, 4.69) is 28.8 Å². The largest absolute Gasteiger partial charge is 1.00 e. The van der Waals surface area contributed by atoms with Gasteiger partial charge in [-0.15, -0.1) is 0 Å². The number of pyridine rings is 1. The van der Waals surface area contributed by atoms with Crippen LogP contribution in [0.5, 0.6) is 0 Å². The van der Waals surface area contributed by atoms with Gasteiger partial charge in [0, 0.05) is 40.6 Å². The van der Waals surface area contributed by atoms with Crippen LogP contribution in [0.1, 0.15) is 21.0 Å². The molecule has 1 aromatic carbocycles. The van der Waals surface area contributed by atoms with Gasteiger partial charge in [0.15, 0.2) is 0 Å². The maximum atomic E-state index is 6.05. The molecule has 0 radical (unpaired) electrons. The molecule has 0 fully saturated rings. The fourth-order valence-electron chi connectivity index (χ4n) is 3.19. The van der Waals surface area contributed by atoms with Crippen molar-refractivity contribution < 1.29 is 13.8 Å². The molecule has 25 heavy (non-hydrogen) atoms. The third kappa shape index (κ3) is 3.43. The van der Waals surface area contributed by atoms with Crippen molar-refractivity contribution in [3.05, 3.63) is 59.5 Å². The van der Waals surface area contributed by atoms with Gasteiger partial charge in [-0.3, -0.25) is 9.67 Å². The highest BCUT2D eigenvalue weighted by molar-refractivity contribution is 6.30. The molecule has 3 aromatic rings. The Morgan fingerprint density at radius 2 is 1.76 bits per heavy atom. The van der Waals surface area contributed by atoms with E-state index in [1.165, 1.54) is 11.3 Å². The van der Waals surface area contributed by atoms with Crippen LogP contribution >= 0.6 is 11.6 Å². The van der Waals surface area contributed by atoms with Crippen LogP contribution in [0.2, 0.25) is 5.02 Å². The van der Waals surface area contributed by atoms with Gasteiger partial charge >= 0.3 is 1.43 Å². The highest BCUT2D eigenvalue weighted by Gasteiger charge is 2.30. The average Bonchev–Trinajstić information content (AvgIpc) is 2.93. The lowest BCUT2D eigenvalue weighted by Gasteiger charge is -2.32. The molecule has 1 aliphatic heterocycles. The van der Waals surface area contributed by atoms with Crippen LogP contribution in [-0.4, -0.2) is 20.3 Å². The standard InChI is InChI=1S/C19H19ClN4.ClH/c1-19(2)12-24-16(11-22-19)17(13-7-9-21-10-8-13)18(23-24)14-3-5-15(20)6-4-14;/h3-10,22H,11-12H2,1-2H3;1H. The van der Waals surface area contributed by atoms with E-state index in [4.69, 9.17) is 16.7 Å². The smallest absolute Gasteiger partial charge is 1.00 e. The summed E-state index contributed by atoms with van der Waals surface area (Å²) in [5.74, 6) is 0. The fourth-order valence-corrected chi connectivity index (χ4v) is 3.32. The van der Waals surface area contributed by atoms with Crippen molar-refractivity contribution in [1.82, 2.24) is 20.1 Å². The molecule has 3 heterocycles. The van der Waals surface area contributed by atoms with E-state index < -0.39 is 0 Å². The van der Waals surface area contributed by atoms with Crippen molar-refractivity contribution in [2.75, 3.05) is 0 Å². The van der Waals surface area contributed by atoms with E-state index in [0.29, 0.717) is 0 Å². The Kier molecular flexibility index (Phi) is 4.87. The van der Waals surface area contributed by atoms with Crippen molar-refractivity contribution in [3.8, 4) is 22.4 Å². The molecule has 4 nitrogen and oxygen atoms in total. The number of benzene rings is 1. The molecule has 6 heteroatoms. The minimum atomic E-state index is 0. The summed E-state index contributed by atoms with van der Waals surface area (Å²) in [5.41, 5.74) is 5.62. The molecule has 0 aliphatic carbocycles. The normalized spacial score (nSPS) is 15.3. The number of halogens is 2. The lowest BCUT2D eigenvalue weighted by molar-refractivity contribution is -0.00000551. The summed E-state index contributed by atoms with van der Waals surface area (Å²) in [7, 11) is 0. The second-order valence-electron chi connectivity index (χ2n) is 6.81. The number of hydrogen-bond acceptors (Lipinski definition) is 3.